The highest BCUT2D eigenvalue weighted by molar-refractivity contribution is 5.65. The maximum Gasteiger partial charge on any atom is 0.0422 e. The largest absolute Gasteiger partial charge is 0.355 e. The fourth-order valence-electron chi connectivity index (χ4n) is 3.37. The molecular formula is C24H35N. The average molecular weight is 338 g/mol. The summed E-state index contributed by atoms with van der Waals surface area (Å²) in [5.74, 6) is 0. The zero-order chi connectivity index (χ0) is 18.5. The number of unbranched alkanes of at least 4 members (excludes halogenated alkanes) is 2. The molecule has 1 heteroatoms. The third-order valence-electron chi connectivity index (χ3n) is 5.09. The molecule has 0 saturated heterocycles. The molecule has 0 aliphatic heterocycles. The van der Waals surface area contributed by atoms with Crippen molar-refractivity contribution in [3.05, 3.63) is 59.7 Å². The lowest BCUT2D eigenvalue weighted by Gasteiger charge is -2.26. The molecule has 0 aliphatic rings. The Bertz CT molecular complexity index is 659. The molecule has 136 valence electrons. The van der Waals surface area contributed by atoms with Gasteiger partial charge in [-0.15, -0.1) is 0 Å². The van der Waals surface area contributed by atoms with Crippen molar-refractivity contribution in [1.29, 1.82) is 0 Å². The summed E-state index contributed by atoms with van der Waals surface area (Å²) in [5.41, 5.74) is 5.51. The van der Waals surface area contributed by atoms with Crippen LogP contribution in [0.5, 0.6) is 0 Å². The van der Waals surface area contributed by atoms with E-state index in [1.165, 1.54) is 42.5 Å². The first-order valence-electron chi connectivity index (χ1n) is 9.71. The summed E-state index contributed by atoms with van der Waals surface area (Å²) in [6.45, 7) is 13.8. The molecule has 0 unspecified atom stereocenters. The summed E-state index contributed by atoms with van der Waals surface area (Å²) in [7, 11) is 0. The fraction of sp³-hybridized carbons (Fsp3) is 0.500. The van der Waals surface area contributed by atoms with E-state index in [2.05, 4.69) is 95.4 Å². The van der Waals surface area contributed by atoms with E-state index in [0.717, 1.165) is 5.69 Å². The Balaban J connectivity index is 2.14. The van der Waals surface area contributed by atoms with Crippen LogP contribution in [-0.4, -0.2) is 0 Å². The lowest BCUT2D eigenvalue weighted by molar-refractivity contribution is 0.450. The number of anilines is 2. The summed E-state index contributed by atoms with van der Waals surface area (Å²) in [6.07, 6.45) is 5.17. The van der Waals surface area contributed by atoms with Crippen molar-refractivity contribution in [1.82, 2.24) is 0 Å². The number of nitrogens with one attached hydrogen (secondary N) is 1. The van der Waals surface area contributed by atoms with Gasteiger partial charge in [0.1, 0.15) is 0 Å². The van der Waals surface area contributed by atoms with Crippen LogP contribution in [0.2, 0.25) is 0 Å². The van der Waals surface area contributed by atoms with Crippen LogP contribution >= 0.6 is 0 Å². The molecule has 1 nitrogen and oxygen atoms in total. The first kappa shape index (κ1) is 19.6. The summed E-state index contributed by atoms with van der Waals surface area (Å²) in [6, 6.07) is 17.6. The van der Waals surface area contributed by atoms with Gasteiger partial charge in [-0.05, 0) is 46.6 Å². The van der Waals surface area contributed by atoms with Crippen molar-refractivity contribution >= 4 is 11.4 Å². The molecule has 0 radical (unpaired) electrons. The predicted octanol–water partition coefficient (Wildman–Crippen LogP) is 7.59. The van der Waals surface area contributed by atoms with E-state index >= 15 is 0 Å². The highest BCUT2D eigenvalue weighted by atomic mass is 14.9. The normalized spacial score (nSPS) is 12.2. The quantitative estimate of drug-likeness (QED) is 0.513. The lowest BCUT2D eigenvalue weighted by Crippen LogP contribution is -2.17. The molecule has 0 aliphatic carbocycles. The Morgan fingerprint density at radius 1 is 0.800 bits per heavy atom. The smallest absolute Gasteiger partial charge is 0.0422 e. The van der Waals surface area contributed by atoms with Crippen LogP contribution in [0.25, 0.3) is 0 Å². The summed E-state index contributed by atoms with van der Waals surface area (Å²) in [5, 5.41) is 3.61. The van der Waals surface area contributed by atoms with Gasteiger partial charge in [-0.2, -0.15) is 0 Å². The van der Waals surface area contributed by atoms with Gasteiger partial charge < -0.3 is 5.32 Å². The molecule has 2 aromatic carbocycles. The van der Waals surface area contributed by atoms with Gasteiger partial charge in [0.2, 0.25) is 0 Å². The Morgan fingerprint density at radius 3 is 2.04 bits per heavy atom. The monoisotopic (exact) mass is 337 g/mol. The highest BCUT2D eigenvalue weighted by Crippen LogP contribution is 2.33. The van der Waals surface area contributed by atoms with Crippen molar-refractivity contribution in [2.45, 2.75) is 78.1 Å². The predicted molar refractivity (Wildman–Crippen MR) is 112 cm³/mol. The van der Waals surface area contributed by atoms with Crippen molar-refractivity contribution in [3.63, 3.8) is 0 Å². The minimum absolute atomic E-state index is 0.130. The molecule has 0 bridgehead atoms. The van der Waals surface area contributed by atoms with Crippen LogP contribution in [0.1, 0.15) is 78.4 Å². The van der Waals surface area contributed by atoms with Crippen molar-refractivity contribution in [2.24, 2.45) is 0 Å². The van der Waals surface area contributed by atoms with Crippen LogP contribution in [0.15, 0.2) is 48.5 Å². The van der Waals surface area contributed by atoms with Gasteiger partial charge in [-0.3, -0.25) is 0 Å². The van der Waals surface area contributed by atoms with Crippen molar-refractivity contribution in [3.8, 4) is 0 Å². The number of benzene rings is 2. The average Bonchev–Trinajstić information content (AvgIpc) is 2.55. The van der Waals surface area contributed by atoms with E-state index in [4.69, 9.17) is 0 Å². The SMILES string of the molecule is CCCCCC(C)(C)c1ccc(Nc2ccccc2C(C)(C)C)cc1. The molecule has 0 heterocycles. The third-order valence-corrected chi connectivity index (χ3v) is 5.09. The van der Waals surface area contributed by atoms with Gasteiger partial charge in [0.05, 0.1) is 0 Å². The lowest BCUT2D eigenvalue weighted by atomic mass is 9.80. The molecule has 2 aromatic rings. The molecular weight excluding hydrogens is 302 g/mol. The molecule has 0 spiro atoms. The van der Waals surface area contributed by atoms with E-state index in [1.807, 2.05) is 0 Å². The molecule has 0 aromatic heterocycles. The van der Waals surface area contributed by atoms with Crippen LogP contribution in [0.3, 0.4) is 0 Å². The van der Waals surface area contributed by atoms with Crippen molar-refractivity contribution < 1.29 is 0 Å². The van der Waals surface area contributed by atoms with E-state index in [1.54, 1.807) is 0 Å². The molecule has 1 N–H and O–H groups in total. The summed E-state index contributed by atoms with van der Waals surface area (Å²) < 4.78 is 0. The number of hydrogen-bond acceptors (Lipinski definition) is 1. The molecule has 0 saturated carbocycles. The van der Waals surface area contributed by atoms with E-state index in [0.29, 0.717) is 0 Å². The van der Waals surface area contributed by atoms with Crippen LogP contribution in [0, 0.1) is 0 Å². The van der Waals surface area contributed by atoms with E-state index in [-0.39, 0.29) is 10.8 Å². The van der Waals surface area contributed by atoms with Gasteiger partial charge in [0, 0.05) is 11.4 Å². The molecule has 0 amide bonds. The number of hydrogen-bond donors (Lipinski definition) is 1. The highest BCUT2D eigenvalue weighted by Gasteiger charge is 2.20. The molecule has 0 fully saturated rings. The van der Waals surface area contributed by atoms with Crippen LogP contribution in [0.4, 0.5) is 11.4 Å². The standard InChI is InChI=1S/C24H35N/c1-7-8-11-18-24(5,6)19-14-16-20(17-15-19)25-22-13-10-9-12-21(22)23(2,3)4/h9-10,12-17,25H,7-8,11,18H2,1-6H3. The first-order chi connectivity index (χ1) is 11.7. The minimum atomic E-state index is 0.130. The second kappa shape index (κ2) is 8.08. The van der Waals surface area contributed by atoms with Gasteiger partial charge in [-0.25, -0.2) is 0 Å². The van der Waals surface area contributed by atoms with Gasteiger partial charge >= 0.3 is 0 Å². The second-order valence-corrected chi connectivity index (χ2v) is 8.84. The van der Waals surface area contributed by atoms with Gasteiger partial charge in [0.15, 0.2) is 0 Å². The topological polar surface area (TPSA) is 12.0 Å². The van der Waals surface area contributed by atoms with Crippen molar-refractivity contribution in [2.75, 3.05) is 5.32 Å². The number of para-hydroxylation sites is 1. The summed E-state index contributed by atoms with van der Waals surface area (Å²) in [4.78, 5) is 0. The fourth-order valence-corrected chi connectivity index (χ4v) is 3.37. The van der Waals surface area contributed by atoms with E-state index < -0.39 is 0 Å². The molecule has 0 atom stereocenters. The first-order valence-corrected chi connectivity index (χ1v) is 9.71. The van der Waals surface area contributed by atoms with Gasteiger partial charge in [-0.1, -0.05) is 91.1 Å². The second-order valence-electron chi connectivity index (χ2n) is 8.84. The van der Waals surface area contributed by atoms with Gasteiger partial charge in [0.25, 0.3) is 0 Å². The Morgan fingerprint density at radius 2 is 1.44 bits per heavy atom. The maximum absolute atomic E-state index is 3.61. The zero-order valence-corrected chi connectivity index (χ0v) is 16.9. The summed E-state index contributed by atoms with van der Waals surface area (Å²) >= 11 is 0. The van der Waals surface area contributed by atoms with Crippen LogP contribution in [-0.2, 0) is 10.8 Å². The Labute approximate surface area is 154 Å². The Hall–Kier alpha value is -1.76. The zero-order valence-electron chi connectivity index (χ0n) is 16.9. The third kappa shape index (κ3) is 5.36. The number of rotatable bonds is 7. The minimum Gasteiger partial charge on any atom is -0.355 e. The van der Waals surface area contributed by atoms with Crippen LogP contribution < -0.4 is 5.32 Å². The van der Waals surface area contributed by atoms with E-state index in [9.17, 15) is 0 Å². The molecule has 25 heavy (non-hydrogen) atoms. The maximum atomic E-state index is 3.61. The molecule has 2 rings (SSSR count). The Kier molecular flexibility index (Phi) is 6.32.